The lowest BCUT2D eigenvalue weighted by Gasteiger charge is -2.13. The van der Waals surface area contributed by atoms with Gasteiger partial charge in [-0.15, -0.1) is 24.0 Å². The predicted octanol–water partition coefficient (Wildman–Crippen LogP) is 4.12. The summed E-state index contributed by atoms with van der Waals surface area (Å²) in [5, 5.41) is 3.07. The van der Waals surface area contributed by atoms with E-state index in [0.29, 0.717) is 12.5 Å². The van der Waals surface area contributed by atoms with Crippen LogP contribution in [0.3, 0.4) is 0 Å². The normalized spacial score (nSPS) is 12.2. The van der Waals surface area contributed by atoms with Gasteiger partial charge in [0.15, 0.2) is 5.96 Å². The fraction of sp³-hybridized carbons (Fsp3) is 0.278. The van der Waals surface area contributed by atoms with Crippen molar-refractivity contribution in [1.82, 2.24) is 0 Å². The fourth-order valence-electron chi connectivity index (χ4n) is 2.01. The number of nitrogens with two attached hydrogens (primary N) is 1. The Morgan fingerprint density at radius 3 is 2.48 bits per heavy atom. The van der Waals surface area contributed by atoms with Crippen molar-refractivity contribution in [2.45, 2.75) is 26.9 Å². The number of anilines is 1. The molecule has 0 aliphatic rings. The Kier molecular flexibility index (Phi) is 7.88. The second-order valence-corrected chi connectivity index (χ2v) is 5.46. The van der Waals surface area contributed by atoms with Crippen LogP contribution >= 0.6 is 24.0 Å². The Morgan fingerprint density at radius 1 is 1.13 bits per heavy atom. The summed E-state index contributed by atoms with van der Waals surface area (Å²) in [7, 11) is 0. The van der Waals surface area contributed by atoms with E-state index in [1.54, 1.807) is 0 Å². The first-order valence-corrected chi connectivity index (χ1v) is 7.40. The molecule has 0 aromatic heterocycles. The number of guanidine groups is 1. The lowest BCUT2D eigenvalue weighted by atomic mass is 10.2. The van der Waals surface area contributed by atoms with Crippen molar-refractivity contribution in [3.8, 4) is 5.75 Å². The number of nitrogens with one attached hydrogen (secondary N) is 1. The predicted molar refractivity (Wildman–Crippen MR) is 108 cm³/mol. The van der Waals surface area contributed by atoms with E-state index < -0.39 is 0 Å². The van der Waals surface area contributed by atoms with E-state index in [1.807, 2.05) is 69.3 Å². The average molecular weight is 425 g/mol. The molecule has 23 heavy (non-hydrogen) atoms. The van der Waals surface area contributed by atoms with Crippen molar-refractivity contribution in [2.24, 2.45) is 10.7 Å². The van der Waals surface area contributed by atoms with Crippen molar-refractivity contribution in [3.05, 3.63) is 59.7 Å². The van der Waals surface area contributed by atoms with Crippen molar-refractivity contribution in [1.29, 1.82) is 0 Å². The molecule has 0 aliphatic heterocycles. The molecular formula is C18H24IN3O. The first-order chi connectivity index (χ1) is 10.5. The molecule has 5 heteroatoms. The smallest absolute Gasteiger partial charge is 0.193 e. The Bertz CT molecular complexity index is 641. The maximum absolute atomic E-state index is 5.89. The highest BCUT2D eigenvalue weighted by Gasteiger charge is 2.04. The van der Waals surface area contributed by atoms with Gasteiger partial charge in [-0.25, -0.2) is 4.99 Å². The average Bonchev–Trinajstić information content (AvgIpc) is 2.48. The van der Waals surface area contributed by atoms with E-state index in [2.05, 4.69) is 10.3 Å². The van der Waals surface area contributed by atoms with E-state index in [4.69, 9.17) is 10.5 Å². The summed E-state index contributed by atoms with van der Waals surface area (Å²) >= 11 is 0. The highest BCUT2D eigenvalue weighted by molar-refractivity contribution is 14.0. The minimum atomic E-state index is -0.0415. The van der Waals surface area contributed by atoms with Gasteiger partial charge < -0.3 is 15.8 Å². The molecule has 1 atom stereocenters. The monoisotopic (exact) mass is 425 g/mol. The summed E-state index contributed by atoms with van der Waals surface area (Å²) in [4.78, 5) is 4.32. The van der Waals surface area contributed by atoms with Crippen LogP contribution in [0.5, 0.6) is 5.75 Å². The first kappa shape index (κ1) is 19.3. The van der Waals surface area contributed by atoms with Crippen LogP contribution in [0.2, 0.25) is 0 Å². The lowest BCUT2D eigenvalue weighted by molar-refractivity contribution is 0.230. The first-order valence-electron chi connectivity index (χ1n) is 7.40. The molecule has 2 rings (SSSR count). The minimum Gasteiger partial charge on any atom is -0.489 e. The van der Waals surface area contributed by atoms with E-state index >= 15 is 0 Å². The molecule has 0 saturated heterocycles. The molecule has 0 spiro atoms. The van der Waals surface area contributed by atoms with E-state index in [-0.39, 0.29) is 30.1 Å². The van der Waals surface area contributed by atoms with E-state index in [0.717, 1.165) is 11.4 Å². The zero-order valence-corrected chi connectivity index (χ0v) is 16.1. The number of halogens is 1. The number of hydrogen-bond acceptors (Lipinski definition) is 2. The molecule has 4 nitrogen and oxygen atoms in total. The van der Waals surface area contributed by atoms with Gasteiger partial charge in [-0.2, -0.15) is 0 Å². The van der Waals surface area contributed by atoms with Gasteiger partial charge in [-0.05, 0) is 50.6 Å². The van der Waals surface area contributed by atoms with Crippen molar-refractivity contribution < 1.29 is 4.74 Å². The Morgan fingerprint density at radius 2 is 1.83 bits per heavy atom. The SMILES string of the molecule is Cc1ccc(NC(N)=NCC(C)Oc2cccc(C)c2)cc1.I. The number of benzene rings is 2. The second-order valence-electron chi connectivity index (χ2n) is 5.46. The summed E-state index contributed by atoms with van der Waals surface area (Å²) < 4.78 is 5.82. The number of nitrogens with zero attached hydrogens (tertiary/aromatic N) is 1. The largest absolute Gasteiger partial charge is 0.489 e. The van der Waals surface area contributed by atoms with Gasteiger partial charge >= 0.3 is 0 Å². The van der Waals surface area contributed by atoms with Crippen LogP contribution < -0.4 is 15.8 Å². The van der Waals surface area contributed by atoms with Crippen LogP contribution in [-0.4, -0.2) is 18.6 Å². The zero-order valence-electron chi connectivity index (χ0n) is 13.7. The van der Waals surface area contributed by atoms with Crippen LogP contribution in [0.1, 0.15) is 18.1 Å². The molecule has 0 fully saturated rings. The Hall–Kier alpha value is -1.76. The van der Waals surface area contributed by atoms with Crippen LogP contribution in [0.4, 0.5) is 5.69 Å². The van der Waals surface area contributed by atoms with Gasteiger partial charge in [0.2, 0.25) is 0 Å². The van der Waals surface area contributed by atoms with Crippen LogP contribution in [0.25, 0.3) is 0 Å². The molecule has 0 saturated carbocycles. The Balaban J connectivity index is 0.00000264. The maximum Gasteiger partial charge on any atom is 0.193 e. The fourth-order valence-corrected chi connectivity index (χ4v) is 2.01. The molecular weight excluding hydrogens is 401 g/mol. The number of rotatable bonds is 5. The molecule has 1 unspecified atom stereocenters. The second kappa shape index (κ2) is 9.39. The number of aliphatic imine (C=N–C) groups is 1. The lowest BCUT2D eigenvalue weighted by Crippen LogP contribution is -2.25. The molecule has 0 bridgehead atoms. The van der Waals surface area contributed by atoms with Gasteiger partial charge in [0.25, 0.3) is 0 Å². The highest BCUT2D eigenvalue weighted by atomic mass is 127. The molecule has 0 amide bonds. The number of hydrogen-bond donors (Lipinski definition) is 2. The number of ether oxygens (including phenoxy) is 1. The molecule has 0 heterocycles. The van der Waals surface area contributed by atoms with Crippen LogP contribution in [0.15, 0.2) is 53.5 Å². The zero-order chi connectivity index (χ0) is 15.9. The third kappa shape index (κ3) is 6.90. The summed E-state index contributed by atoms with van der Waals surface area (Å²) in [6, 6.07) is 16.0. The quantitative estimate of drug-likeness (QED) is 0.431. The van der Waals surface area contributed by atoms with Gasteiger partial charge in [0.1, 0.15) is 11.9 Å². The van der Waals surface area contributed by atoms with Gasteiger partial charge in [0, 0.05) is 5.69 Å². The highest BCUT2D eigenvalue weighted by Crippen LogP contribution is 2.14. The topological polar surface area (TPSA) is 59.6 Å². The maximum atomic E-state index is 5.89. The third-order valence-electron chi connectivity index (χ3n) is 3.17. The van der Waals surface area contributed by atoms with Crippen LogP contribution in [-0.2, 0) is 0 Å². The van der Waals surface area contributed by atoms with E-state index in [1.165, 1.54) is 11.1 Å². The van der Waals surface area contributed by atoms with Gasteiger partial charge in [0.05, 0.1) is 6.54 Å². The summed E-state index contributed by atoms with van der Waals surface area (Å²) in [5.74, 6) is 1.25. The molecule has 2 aromatic rings. The minimum absolute atomic E-state index is 0. The van der Waals surface area contributed by atoms with Gasteiger partial charge in [-0.1, -0.05) is 29.8 Å². The van der Waals surface area contributed by atoms with Gasteiger partial charge in [-0.3, -0.25) is 0 Å². The molecule has 0 aliphatic carbocycles. The molecule has 2 aromatic carbocycles. The Labute approximate surface area is 155 Å². The van der Waals surface area contributed by atoms with Crippen molar-refractivity contribution in [3.63, 3.8) is 0 Å². The van der Waals surface area contributed by atoms with E-state index in [9.17, 15) is 0 Å². The summed E-state index contributed by atoms with van der Waals surface area (Å²) in [6.07, 6.45) is -0.0415. The molecule has 3 N–H and O–H groups in total. The number of aryl methyl sites for hydroxylation is 2. The molecule has 0 radical (unpaired) electrons. The summed E-state index contributed by atoms with van der Waals surface area (Å²) in [5.41, 5.74) is 9.21. The van der Waals surface area contributed by atoms with Crippen molar-refractivity contribution >= 4 is 35.6 Å². The molecule has 124 valence electrons. The van der Waals surface area contributed by atoms with Crippen molar-refractivity contribution in [2.75, 3.05) is 11.9 Å². The van der Waals surface area contributed by atoms with Crippen LogP contribution in [0, 0.1) is 13.8 Å². The third-order valence-corrected chi connectivity index (χ3v) is 3.17. The standard InChI is InChI=1S/C18H23N3O.HI/c1-13-7-9-16(10-8-13)21-18(19)20-12-15(3)22-17-6-4-5-14(2)11-17;/h4-11,15H,12H2,1-3H3,(H3,19,20,21);1H. The summed E-state index contributed by atoms with van der Waals surface area (Å²) in [6.45, 7) is 6.56.